The lowest BCUT2D eigenvalue weighted by Gasteiger charge is -2.26. The van der Waals surface area contributed by atoms with Crippen molar-refractivity contribution in [3.05, 3.63) is 0 Å². The highest BCUT2D eigenvalue weighted by molar-refractivity contribution is 5.79. The van der Waals surface area contributed by atoms with E-state index < -0.39 is 0 Å². The van der Waals surface area contributed by atoms with Crippen molar-refractivity contribution in [1.29, 1.82) is 0 Å². The molecule has 0 heterocycles. The molecule has 0 aliphatic carbocycles. The van der Waals surface area contributed by atoms with Crippen molar-refractivity contribution < 1.29 is 5.21 Å². The number of hydrogen-bond acceptors (Lipinski definition) is 3. The van der Waals surface area contributed by atoms with Crippen LogP contribution in [0.3, 0.4) is 0 Å². The first-order chi connectivity index (χ1) is 7.47. The van der Waals surface area contributed by atoms with Gasteiger partial charge in [-0.1, -0.05) is 19.0 Å². The molecule has 0 fully saturated rings. The standard InChI is InChI=1S/C12H27N3O/c1-10(2)6-5-8-15(11(3)4)9-7-12(13)14-16/h10-11,16H,5-9H2,1-4H3,(H2,13,14). The first-order valence-corrected chi connectivity index (χ1v) is 6.17. The predicted molar refractivity (Wildman–Crippen MR) is 68.8 cm³/mol. The first-order valence-electron chi connectivity index (χ1n) is 6.17. The molecule has 16 heavy (non-hydrogen) atoms. The normalized spacial score (nSPS) is 13.1. The number of nitrogens with two attached hydrogens (primary N) is 1. The predicted octanol–water partition coefficient (Wildman–Crippen LogP) is 2.27. The van der Waals surface area contributed by atoms with Crippen LogP contribution in [-0.4, -0.2) is 35.1 Å². The molecule has 0 rings (SSSR count). The van der Waals surface area contributed by atoms with E-state index in [4.69, 9.17) is 10.9 Å². The number of oxime groups is 1. The van der Waals surface area contributed by atoms with Gasteiger partial charge in [0.05, 0.1) is 0 Å². The lowest BCUT2D eigenvalue weighted by atomic mass is 10.1. The smallest absolute Gasteiger partial charge is 0.140 e. The molecule has 3 N–H and O–H groups in total. The minimum absolute atomic E-state index is 0.314. The van der Waals surface area contributed by atoms with Gasteiger partial charge >= 0.3 is 0 Å². The minimum atomic E-state index is 0.314. The van der Waals surface area contributed by atoms with E-state index in [2.05, 4.69) is 37.8 Å². The first kappa shape index (κ1) is 15.2. The molecule has 0 bridgehead atoms. The summed E-state index contributed by atoms with van der Waals surface area (Å²) >= 11 is 0. The van der Waals surface area contributed by atoms with Gasteiger partial charge < -0.3 is 15.8 Å². The average molecular weight is 229 g/mol. The van der Waals surface area contributed by atoms with Gasteiger partial charge in [0.25, 0.3) is 0 Å². The zero-order valence-electron chi connectivity index (χ0n) is 11.1. The Morgan fingerprint density at radius 2 is 1.88 bits per heavy atom. The van der Waals surface area contributed by atoms with Gasteiger partial charge in [-0.15, -0.1) is 0 Å². The van der Waals surface area contributed by atoms with Crippen LogP contribution in [0.15, 0.2) is 5.16 Å². The van der Waals surface area contributed by atoms with E-state index >= 15 is 0 Å². The van der Waals surface area contributed by atoms with E-state index in [1.54, 1.807) is 0 Å². The Morgan fingerprint density at radius 3 is 2.31 bits per heavy atom. The summed E-state index contributed by atoms with van der Waals surface area (Å²) in [5, 5.41) is 11.5. The van der Waals surface area contributed by atoms with E-state index in [0.717, 1.165) is 19.0 Å². The van der Waals surface area contributed by atoms with Gasteiger partial charge in [0.2, 0.25) is 0 Å². The van der Waals surface area contributed by atoms with E-state index in [9.17, 15) is 0 Å². The van der Waals surface area contributed by atoms with E-state index in [1.165, 1.54) is 12.8 Å². The van der Waals surface area contributed by atoms with Crippen molar-refractivity contribution >= 4 is 5.84 Å². The summed E-state index contributed by atoms with van der Waals surface area (Å²) in [5.41, 5.74) is 5.47. The van der Waals surface area contributed by atoms with Gasteiger partial charge in [-0.05, 0) is 39.2 Å². The van der Waals surface area contributed by atoms with Crippen LogP contribution >= 0.6 is 0 Å². The van der Waals surface area contributed by atoms with Crippen LogP contribution in [0.5, 0.6) is 0 Å². The van der Waals surface area contributed by atoms with Crippen LogP contribution < -0.4 is 5.73 Å². The molecule has 0 saturated carbocycles. The van der Waals surface area contributed by atoms with Gasteiger partial charge in [0.1, 0.15) is 5.84 Å². The highest BCUT2D eigenvalue weighted by atomic mass is 16.4. The lowest BCUT2D eigenvalue weighted by molar-refractivity contribution is 0.218. The molecule has 0 aliphatic heterocycles. The van der Waals surface area contributed by atoms with Crippen LogP contribution in [0.2, 0.25) is 0 Å². The molecule has 0 aromatic heterocycles. The van der Waals surface area contributed by atoms with Crippen molar-refractivity contribution in [1.82, 2.24) is 4.90 Å². The van der Waals surface area contributed by atoms with Crippen molar-refractivity contribution in [2.75, 3.05) is 13.1 Å². The highest BCUT2D eigenvalue weighted by Crippen LogP contribution is 2.07. The number of amidine groups is 1. The second-order valence-electron chi connectivity index (χ2n) is 5.01. The number of nitrogens with zero attached hydrogens (tertiary/aromatic N) is 2. The van der Waals surface area contributed by atoms with Gasteiger partial charge in [-0.25, -0.2) is 0 Å². The van der Waals surface area contributed by atoms with Gasteiger partial charge in [-0.3, -0.25) is 0 Å². The number of rotatable bonds is 8. The molecule has 0 atom stereocenters. The van der Waals surface area contributed by atoms with Gasteiger partial charge in [-0.2, -0.15) is 0 Å². The van der Waals surface area contributed by atoms with Crippen LogP contribution in [-0.2, 0) is 0 Å². The van der Waals surface area contributed by atoms with E-state index in [0.29, 0.717) is 18.3 Å². The SMILES string of the molecule is CC(C)CCCN(CCC(N)=NO)C(C)C. The molecule has 0 radical (unpaired) electrons. The maximum atomic E-state index is 8.48. The number of hydrogen-bond donors (Lipinski definition) is 2. The quantitative estimate of drug-likeness (QED) is 0.290. The third-order valence-corrected chi connectivity index (χ3v) is 2.74. The summed E-state index contributed by atoms with van der Waals surface area (Å²) in [6.07, 6.45) is 3.11. The lowest BCUT2D eigenvalue weighted by Crippen LogP contribution is -2.35. The molecule has 0 amide bonds. The van der Waals surface area contributed by atoms with Gasteiger partial charge in [0, 0.05) is 19.0 Å². The Hall–Kier alpha value is -0.770. The maximum absolute atomic E-state index is 8.48. The monoisotopic (exact) mass is 229 g/mol. The Balaban J connectivity index is 3.89. The molecule has 0 saturated heterocycles. The molecule has 4 heteroatoms. The van der Waals surface area contributed by atoms with Crippen molar-refractivity contribution in [2.45, 2.75) is 53.0 Å². The second-order valence-corrected chi connectivity index (χ2v) is 5.01. The van der Waals surface area contributed by atoms with Crippen molar-refractivity contribution in [3.8, 4) is 0 Å². The van der Waals surface area contributed by atoms with Crippen LogP contribution in [0.4, 0.5) is 0 Å². The molecule has 0 aromatic carbocycles. The van der Waals surface area contributed by atoms with Crippen LogP contribution in [0.25, 0.3) is 0 Å². The zero-order valence-corrected chi connectivity index (χ0v) is 11.1. The summed E-state index contributed by atoms with van der Waals surface area (Å²) in [7, 11) is 0. The molecule has 0 aliphatic rings. The molecule has 4 nitrogen and oxygen atoms in total. The van der Waals surface area contributed by atoms with Crippen molar-refractivity contribution in [2.24, 2.45) is 16.8 Å². The third kappa shape index (κ3) is 7.51. The summed E-state index contributed by atoms with van der Waals surface area (Å²) in [5.74, 6) is 1.08. The molecular formula is C12H27N3O. The average Bonchev–Trinajstić information content (AvgIpc) is 2.21. The topological polar surface area (TPSA) is 61.8 Å². The summed E-state index contributed by atoms with van der Waals surface area (Å²) in [6, 6.07) is 0.513. The molecule has 0 unspecified atom stereocenters. The fraction of sp³-hybridized carbons (Fsp3) is 0.917. The fourth-order valence-corrected chi connectivity index (χ4v) is 1.64. The van der Waals surface area contributed by atoms with Crippen molar-refractivity contribution in [3.63, 3.8) is 0 Å². The van der Waals surface area contributed by atoms with Crippen LogP contribution in [0, 0.1) is 5.92 Å². The Morgan fingerprint density at radius 1 is 1.25 bits per heavy atom. The Bertz CT molecular complexity index is 202. The zero-order chi connectivity index (χ0) is 12.6. The minimum Gasteiger partial charge on any atom is -0.409 e. The summed E-state index contributed by atoms with van der Waals surface area (Å²) in [4.78, 5) is 2.38. The molecular weight excluding hydrogens is 202 g/mol. The molecule has 0 spiro atoms. The third-order valence-electron chi connectivity index (χ3n) is 2.74. The van der Waals surface area contributed by atoms with E-state index in [-0.39, 0.29) is 0 Å². The molecule has 0 aromatic rings. The van der Waals surface area contributed by atoms with E-state index in [1.807, 2.05) is 0 Å². The fourth-order valence-electron chi connectivity index (χ4n) is 1.64. The highest BCUT2D eigenvalue weighted by Gasteiger charge is 2.09. The maximum Gasteiger partial charge on any atom is 0.140 e. The van der Waals surface area contributed by atoms with Crippen LogP contribution in [0.1, 0.15) is 47.0 Å². The summed E-state index contributed by atoms with van der Waals surface area (Å²) < 4.78 is 0. The van der Waals surface area contributed by atoms with Gasteiger partial charge in [0.15, 0.2) is 0 Å². The second kappa shape index (κ2) is 8.39. The largest absolute Gasteiger partial charge is 0.409 e. The summed E-state index contributed by atoms with van der Waals surface area (Å²) in [6.45, 7) is 10.8. The Labute approximate surface area is 99.5 Å². The Kier molecular flexibility index (Phi) is 7.99. The molecule has 96 valence electrons.